The van der Waals surface area contributed by atoms with E-state index in [2.05, 4.69) is 0 Å². The lowest BCUT2D eigenvalue weighted by atomic mass is 10.2. The van der Waals surface area contributed by atoms with Gasteiger partial charge in [0.25, 0.3) is 0 Å². The average molecular weight is 298 g/mol. The molecule has 0 radical (unpaired) electrons. The van der Waals surface area contributed by atoms with Crippen LogP contribution in [0.3, 0.4) is 0 Å². The van der Waals surface area contributed by atoms with E-state index in [1.54, 1.807) is 0 Å². The van der Waals surface area contributed by atoms with Gasteiger partial charge in [-0.15, -0.1) is 0 Å². The van der Waals surface area contributed by atoms with E-state index in [0.717, 1.165) is 25.0 Å². The molecule has 0 aromatic heterocycles. The van der Waals surface area contributed by atoms with Gasteiger partial charge < -0.3 is 10.2 Å². The molecule has 0 bridgehead atoms. The quantitative estimate of drug-likeness (QED) is 0.821. The number of halogens is 2. The highest BCUT2D eigenvalue weighted by Gasteiger charge is 2.23. The fourth-order valence-corrected chi connectivity index (χ4v) is 1.86. The van der Waals surface area contributed by atoms with Gasteiger partial charge in [-0.3, -0.25) is 9.59 Å². The van der Waals surface area contributed by atoms with E-state index in [-0.39, 0.29) is 0 Å². The molecule has 0 atom stereocenters. The lowest BCUT2D eigenvalue weighted by molar-refractivity contribution is -0.143. The number of carbonyl (C=O) groups is 2. The van der Waals surface area contributed by atoms with Crippen molar-refractivity contribution in [2.24, 2.45) is 0 Å². The first-order valence-electron chi connectivity index (χ1n) is 7.05. The second-order valence-corrected chi connectivity index (χ2v) is 4.70. The minimum absolute atomic E-state index is 0.437. The molecule has 1 aromatic rings. The van der Waals surface area contributed by atoms with E-state index >= 15 is 0 Å². The highest BCUT2D eigenvalue weighted by atomic mass is 19.1. The maximum absolute atomic E-state index is 13.4. The van der Waals surface area contributed by atoms with Crippen LogP contribution >= 0.6 is 0 Å². The first-order valence-corrected chi connectivity index (χ1v) is 7.05. The minimum Gasteiger partial charge on any atom is -0.334 e. The van der Waals surface area contributed by atoms with Crippen LogP contribution in [0.1, 0.15) is 33.1 Å². The summed E-state index contributed by atoms with van der Waals surface area (Å²) < 4.78 is 26.9. The molecule has 0 unspecified atom stereocenters. The van der Waals surface area contributed by atoms with Gasteiger partial charge in [0.15, 0.2) is 0 Å². The van der Waals surface area contributed by atoms with Gasteiger partial charge in [-0.1, -0.05) is 26.3 Å². The Morgan fingerprint density at radius 1 is 1.10 bits per heavy atom. The zero-order chi connectivity index (χ0) is 15.8. The number of nitrogens with one attached hydrogen (secondary N) is 1. The molecule has 21 heavy (non-hydrogen) atoms. The number of rotatable bonds is 6. The summed E-state index contributed by atoms with van der Waals surface area (Å²) in [6, 6.07) is 3.22. The molecule has 0 heterocycles. The smallest absolute Gasteiger partial charge is 0.314 e. The van der Waals surface area contributed by atoms with Crippen LogP contribution < -0.4 is 5.32 Å². The molecule has 0 saturated heterocycles. The van der Waals surface area contributed by atoms with Gasteiger partial charge >= 0.3 is 11.8 Å². The molecular weight excluding hydrogens is 278 g/mol. The summed E-state index contributed by atoms with van der Waals surface area (Å²) in [4.78, 5) is 25.3. The third-order valence-corrected chi connectivity index (χ3v) is 2.96. The minimum atomic E-state index is -1.02. The Kier molecular flexibility index (Phi) is 6.78. The Bertz CT molecular complexity index is 486. The van der Waals surface area contributed by atoms with Crippen molar-refractivity contribution >= 4 is 17.5 Å². The molecule has 1 aromatic carbocycles. The number of amides is 2. The summed E-state index contributed by atoms with van der Waals surface area (Å²) in [6.07, 6.45) is 2.36. The summed E-state index contributed by atoms with van der Waals surface area (Å²) in [5.41, 5.74) is -0.595. The molecule has 0 aliphatic carbocycles. The number of para-hydroxylation sites is 1. The Morgan fingerprint density at radius 2 is 1.71 bits per heavy atom. The molecule has 0 saturated carbocycles. The van der Waals surface area contributed by atoms with Crippen molar-refractivity contribution in [2.75, 3.05) is 18.4 Å². The fourth-order valence-electron chi connectivity index (χ4n) is 1.86. The van der Waals surface area contributed by atoms with Gasteiger partial charge in [0, 0.05) is 13.1 Å². The molecule has 6 heteroatoms. The number of nitrogens with zero attached hydrogens (tertiary/aromatic N) is 1. The number of hydrogen-bond acceptors (Lipinski definition) is 2. The first-order chi connectivity index (χ1) is 10.0. The summed E-state index contributed by atoms with van der Waals surface area (Å²) in [7, 11) is 0. The monoisotopic (exact) mass is 298 g/mol. The molecule has 0 fully saturated rings. The van der Waals surface area contributed by atoms with E-state index in [9.17, 15) is 18.4 Å². The number of benzene rings is 1. The highest BCUT2D eigenvalue weighted by Crippen LogP contribution is 2.18. The highest BCUT2D eigenvalue weighted by molar-refractivity contribution is 6.39. The van der Waals surface area contributed by atoms with Crippen LogP contribution in [0.4, 0.5) is 14.5 Å². The van der Waals surface area contributed by atoms with Crippen LogP contribution in [0.2, 0.25) is 0 Å². The first kappa shape index (κ1) is 17.1. The molecule has 116 valence electrons. The molecule has 4 nitrogen and oxygen atoms in total. The standard InChI is InChI=1S/C15H20F2N2O2/c1-3-5-10-19(9-4-2)15(21)14(20)18-13-11(16)7-6-8-12(13)17/h6-8H,3-5,9-10H2,1-2H3,(H,18,20). The van der Waals surface area contributed by atoms with Crippen molar-refractivity contribution in [1.82, 2.24) is 4.90 Å². The van der Waals surface area contributed by atoms with Crippen LogP contribution in [-0.4, -0.2) is 29.8 Å². The predicted molar refractivity (Wildman–Crippen MR) is 76.8 cm³/mol. The summed E-state index contributed by atoms with van der Waals surface area (Å²) >= 11 is 0. The van der Waals surface area contributed by atoms with Crippen LogP contribution in [0, 0.1) is 11.6 Å². The normalized spacial score (nSPS) is 10.3. The van der Waals surface area contributed by atoms with E-state index in [1.807, 2.05) is 19.2 Å². The van der Waals surface area contributed by atoms with E-state index in [0.29, 0.717) is 19.5 Å². The second kappa shape index (κ2) is 8.34. The second-order valence-electron chi connectivity index (χ2n) is 4.70. The van der Waals surface area contributed by atoms with Gasteiger partial charge in [-0.25, -0.2) is 8.78 Å². The van der Waals surface area contributed by atoms with Crippen molar-refractivity contribution in [2.45, 2.75) is 33.1 Å². The Labute approximate surface area is 123 Å². The van der Waals surface area contributed by atoms with Gasteiger partial charge in [-0.2, -0.15) is 0 Å². The zero-order valence-corrected chi connectivity index (χ0v) is 12.3. The third kappa shape index (κ3) is 4.81. The molecule has 0 aliphatic heterocycles. The zero-order valence-electron chi connectivity index (χ0n) is 12.3. The van der Waals surface area contributed by atoms with Crippen molar-refractivity contribution in [3.05, 3.63) is 29.8 Å². The summed E-state index contributed by atoms with van der Waals surface area (Å²) in [5, 5.41) is 2.01. The van der Waals surface area contributed by atoms with E-state index in [4.69, 9.17) is 0 Å². The van der Waals surface area contributed by atoms with Crippen LogP contribution in [-0.2, 0) is 9.59 Å². The van der Waals surface area contributed by atoms with Gasteiger partial charge in [0.2, 0.25) is 0 Å². The van der Waals surface area contributed by atoms with Crippen molar-refractivity contribution in [3.63, 3.8) is 0 Å². The Balaban J connectivity index is 2.79. The number of anilines is 1. The molecule has 0 spiro atoms. The van der Waals surface area contributed by atoms with Gasteiger partial charge in [-0.05, 0) is 25.0 Å². The maximum Gasteiger partial charge on any atom is 0.314 e. The lowest BCUT2D eigenvalue weighted by Crippen LogP contribution is -2.41. The van der Waals surface area contributed by atoms with Crippen LogP contribution in [0.5, 0.6) is 0 Å². The molecule has 1 rings (SSSR count). The summed E-state index contributed by atoms with van der Waals surface area (Å²) in [5.74, 6) is -3.62. The molecule has 1 N–H and O–H groups in total. The molecule has 2 amide bonds. The Hall–Kier alpha value is -1.98. The molecular formula is C15H20F2N2O2. The third-order valence-electron chi connectivity index (χ3n) is 2.96. The number of hydrogen-bond donors (Lipinski definition) is 1. The molecule has 0 aliphatic rings. The predicted octanol–water partition coefficient (Wildman–Crippen LogP) is 2.94. The Morgan fingerprint density at radius 3 is 2.24 bits per heavy atom. The maximum atomic E-state index is 13.4. The van der Waals surface area contributed by atoms with Crippen LogP contribution in [0.25, 0.3) is 0 Å². The lowest BCUT2D eigenvalue weighted by Gasteiger charge is -2.21. The summed E-state index contributed by atoms with van der Waals surface area (Å²) in [6.45, 7) is 4.76. The van der Waals surface area contributed by atoms with E-state index in [1.165, 1.54) is 11.0 Å². The van der Waals surface area contributed by atoms with Gasteiger partial charge in [0.05, 0.1) is 0 Å². The van der Waals surface area contributed by atoms with Crippen LogP contribution in [0.15, 0.2) is 18.2 Å². The van der Waals surface area contributed by atoms with E-state index < -0.39 is 29.1 Å². The van der Waals surface area contributed by atoms with Crippen molar-refractivity contribution < 1.29 is 18.4 Å². The largest absolute Gasteiger partial charge is 0.334 e. The number of unbranched alkanes of at least 4 members (excludes halogenated alkanes) is 1. The fraction of sp³-hybridized carbons (Fsp3) is 0.467. The van der Waals surface area contributed by atoms with Crippen molar-refractivity contribution in [3.8, 4) is 0 Å². The topological polar surface area (TPSA) is 49.4 Å². The number of carbonyl (C=O) groups excluding carboxylic acids is 2. The SMILES string of the molecule is CCCCN(CCC)C(=O)C(=O)Nc1c(F)cccc1F. The van der Waals surface area contributed by atoms with Gasteiger partial charge in [0.1, 0.15) is 17.3 Å². The van der Waals surface area contributed by atoms with Crippen molar-refractivity contribution in [1.29, 1.82) is 0 Å². The average Bonchev–Trinajstić information content (AvgIpc) is 2.46.